The van der Waals surface area contributed by atoms with Crippen molar-refractivity contribution in [2.75, 3.05) is 13.1 Å². The Balaban J connectivity index is 1.53. The lowest BCUT2D eigenvalue weighted by molar-refractivity contribution is -0.125. The Morgan fingerprint density at radius 2 is 2.04 bits per heavy atom. The fourth-order valence-electron chi connectivity index (χ4n) is 4.09. The van der Waals surface area contributed by atoms with Crippen molar-refractivity contribution < 1.29 is 4.79 Å². The summed E-state index contributed by atoms with van der Waals surface area (Å²) in [5, 5.41) is 7.64. The Morgan fingerprint density at radius 1 is 1.26 bits per heavy atom. The largest absolute Gasteiger partial charge is 0.354 e. The number of aromatic nitrogens is 2. The number of nitrogens with one attached hydrogen (secondary N) is 1. The number of carbonyl (C=O) groups is 1. The molecule has 23 heavy (non-hydrogen) atoms. The van der Waals surface area contributed by atoms with E-state index in [2.05, 4.69) is 21.5 Å². The standard InChI is InChI=1S/C18H30N4O/c1-14-16(12-21(2)20-14)13-22-10-6-9-17(22)18(23)19-11-15-7-4-3-5-8-15/h12,15,17H,3-11,13H2,1-2H3,(H,19,23)/t17-/m1/s1. The molecule has 0 aromatic carbocycles. The summed E-state index contributed by atoms with van der Waals surface area (Å²) in [4.78, 5) is 14.9. The topological polar surface area (TPSA) is 50.2 Å². The maximum atomic E-state index is 12.6. The van der Waals surface area contributed by atoms with Gasteiger partial charge in [-0.1, -0.05) is 19.3 Å². The van der Waals surface area contributed by atoms with Crippen molar-refractivity contribution in [3.05, 3.63) is 17.5 Å². The second-order valence-electron chi connectivity index (χ2n) is 7.29. The van der Waals surface area contributed by atoms with E-state index in [-0.39, 0.29) is 11.9 Å². The Hall–Kier alpha value is -1.36. The molecule has 5 heteroatoms. The molecule has 0 radical (unpaired) electrons. The monoisotopic (exact) mass is 318 g/mol. The lowest BCUT2D eigenvalue weighted by atomic mass is 9.89. The van der Waals surface area contributed by atoms with Crippen molar-refractivity contribution in [1.82, 2.24) is 20.0 Å². The highest BCUT2D eigenvalue weighted by Gasteiger charge is 2.31. The third-order valence-corrected chi connectivity index (χ3v) is 5.44. The van der Waals surface area contributed by atoms with Crippen LogP contribution in [0.3, 0.4) is 0 Å². The van der Waals surface area contributed by atoms with Gasteiger partial charge in [-0.3, -0.25) is 14.4 Å². The summed E-state index contributed by atoms with van der Waals surface area (Å²) in [7, 11) is 1.95. The number of rotatable bonds is 5. The van der Waals surface area contributed by atoms with Gasteiger partial charge in [0.15, 0.2) is 0 Å². The molecule has 0 spiro atoms. The highest BCUT2D eigenvalue weighted by Crippen LogP contribution is 2.24. The predicted octanol–water partition coefficient (Wildman–Crippen LogP) is 2.39. The van der Waals surface area contributed by atoms with Crippen molar-refractivity contribution in [1.29, 1.82) is 0 Å². The van der Waals surface area contributed by atoms with E-state index in [1.807, 2.05) is 18.7 Å². The van der Waals surface area contributed by atoms with Crippen LogP contribution in [-0.4, -0.2) is 39.7 Å². The van der Waals surface area contributed by atoms with Crippen LogP contribution in [0, 0.1) is 12.8 Å². The molecule has 1 atom stereocenters. The van der Waals surface area contributed by atoms with Crippen LogP contribution in [0.2, 0.25) is 0 Å². The van der Waals surface area contributed by atoms with Gasteiger partial charge in [0.05, 0.1) is 11.7 Å². The highest BCUT2D eigenvalue weighted by atomic mass is 16.2. The third kappa shape index (κ3) is 4.14. The van der Waals surface area contributed by atoms with Crippen LogP contribution in [0.4, 0.5) is 0 Å². The zero-order chi connectivity index (χ0) is 16.2. The molecule has 1 aromatic rings. The van der Waals surface area contributed by atoms with Crippen molar-refractivity contribution in [2.45, 2.75) is 64.5 Å². The van der Waals surface area contributed by atoms with Gasteiger partial charge in [0.1, 0.15) is 0 Å². The number of hydrogen-bond acceptors (Lipinski definition) is 3. The predicted molar refractivity (Wildman–Crippen MR) is 91.0 cm³/mol. The van der Waals surface area contributed by atoms with Gasteiger partial charge in [-0.2, -0.15) is 5.10 Å². The van der Waals surface area contributed by atoms with Crippen molar-refractivity contribution >= 4 is 5.91 Å². The van der Waals surface area contributed by atoms with Gasteiger partial charge in [-0.05, 0) is 45.1 Å². The minimum absolute atomic E-state index is 0.0400. The van der Waals surface area contributed by atoms with Crippen LogP contribution in [0.5, 0.6) is 0 Å². The molecule has 1 N–H and O–H groups in total. The van der Waals surface area contributed by atoms with Gasteiger partial charge in [0.25, 0.3) is 0 Å². The first kappa shape index (κ1) is 16.5. The summed E-state index contributed by atoms with van der Waals surface area (Å²) in [6.45, 7) is 4.76. The van der Waals surface area contributed by atoms with E-state index in [4.69, 9.17) is 0 Å². The first-order chi connectivity index (χ1) is 11.1. The minimum atomic E-state index is 0.0400. The molecule has 0 unspecified atom stereocenters. The number of hydrogen-bond donors (Lipinski definition) is 1. The van der Waals surface area contributed by atoms with Crippen LogP contribution >= 0.6 is 0 Å². The fraction of sp³-hybridized carbons (Fsp3) is 0.778. The number of carbonyl (C=O) groups excluding carboxylic acids is 1. The van der Waals surface area contributed by atoms with Gasteiger partial charge < -0.3 is 5.32 Å². The number of likely N-dealkylation sites (tertiary alicyclic amines) is 1. The van der Waals surface area contributed by atoms with Gasteiger partial charge in [-0.15, -0.1) is 0 Å². The quantitative estimate of drug-likeness (QED) is 0.907. The van der Waals surface area contributed by atoms with Gasteiger partial charge >= 0.3 is 0 Å². The molecule has 1 saturated carbocycles. The average Bonchev–Trinajstić information content (AvgIpc) is 3.13. The molecule has 128 valence electrons. The molecule has 1 aliphatic carbocycles. The minimum Gasteiger partial charge on any atom is -0.354 e. The van der Waals surface area contributed by atoms with E-state index < -0.39 is 0 Å². The molecular formula is C18H30N4O. The van der Waals surface area contributed by atoms with Gasteiger partial charge in [-0.25, -0.2) is 0 Å². The molecule has 5 nitrogen and oxygen atoms in total. The molecule has 0 bridgehead atoms. The van der Waals surface area contributed by atoms with Crippen LogP contribution in [0.1, 0.15) is 56.2 Å². The van der Waals surface area contributed by atoms with E-state index >= 15 is 0 Å². The van der Waals surface area contributed by atoms with Crippen molar-refractivity contribution in [3.63, 3.8) is 0 Å². The average molecular weight is 318 g/mol. The Morgan fingerprint density at radius 3 is 2.74 bits per heavy atom. The summed E-state index contributed by atoms with van der Waals surface area (Å²) >= 11 is 0. The van der Waals surface area contributed by atoms with E-state index in [9.17, 15) is 4.79 Å². The maximum Gasteiger partial charge on any atom is 0.237 e. The Kier molecular flexibility index (Phi) is 5.36. The van der Waals surface area contributed by atoms with Gasteiger partial charge in [0, 0.05) is 31.9 Å². The Labute approximate surface area is 139 Å². The maximum absolute atomic E-state index is 12.6. The number of nitrogens with zero attached hydrogens (tertiary/aromatic N) is 3. The molecule has 1 saturated heterocycles. The number of aryl methyl sites for hydroxylation is 2. The smallest absolute Gasteiger partial charge is 0.237 e. The highest BCUT2D eigenvalue weighted by molar-refractivity contribution is 5.82. The summed E-state index contributed by atoms with van der Waals surface area (Å²) in [5.41, 5.74) is 2.31. The zero-order valence-corrected chi connectivity index (χ0v) is 14.6. The SMILES string of the molecule is Cc1nn(C)cc1CN1CCC[C@@H]1C(=O)NCC1CCCCC1. The van der Waals surface area contributed by atoms with Gasteiger partial charge in [0.2, 0.25) is 5.91 Å². The van der Waals surface area contributed by atoms with Crippen molar-refractivity contribution in [3.8, 4) is 0 Å². The van der Waals surface area contributed by atoms with Crippen LogP contribution in [0.15, 0.2) is 6.20 Å². The molecule has 1 aliphatic heterocycles. The molecule has 1 aromatic heterocycles. The summed E-state index contributed by atoms with van der Waals surface area (Å²) < 4.78 is 1.86. The van der Waals surface area contributed by atoms with Crippen LogP contribution < -0.4 is 5.32 Å². The van der Waals surface area contributed by atoms with Crippen molar-refractivity contribution in [2.24, 2.45) is 13.0 Å². The van der Waals surface area contributed by atoms with E-state index in [0.29, 0.717) is 5.92 Å². The fourth-order valence-corrected chi connectivity index (χ4v) is 4.09. The second kappa shape index (κ2) is 7.47. The summed E-state index contributed by atoms with van der Waals surface area (Å²) in [6, 6.07) is 0.0400. The normalized spacial score (nSPS) is 23.3. The molecule has 2 heterocycles. The van der Waals surface area contributed by atoms with E-state index in [1.54, 1.807) is 0 Å². The molecule has 1 amide bonds. The summed E-state index contributed by atoms with van der Waals surface area (Å²) in [6.07, 6.45) is 10.8. The lowest BCUT2D eigenvalue weighted by Crippen LogP contribution is -2.44. The van der Waals surface area contributed by atoms with E-state index in [0.717, 1.165) is 38.2 Å². The second-order valence-corrected chi connectivity index (χ2v) is 7.29. The molecular weight excluding hydrogens is 288 g/mol. The number of amides is 1. The first-order valence-electron chi connectivity index (χ1n) is 9.14. The summed E-state index contributed by atoms with van der Waals surface area (Å²) in [5.74, 6) is 0.928. The molecule has 3 rings (SSSR count). The molecule has 2 fully saturated rings. The first-order valence-corrected chi connectivity index (χ1v) is 9.14. The van der Waals surface area contributed by atoms with E-state index in [1.165, 1.54) is 37.7 Å². The Bertz CT molecular complexity index is 533. The third-order valence-electron chi connectivity index (χ3n) is 5.44. The molecule has 2 aliphatic rings. The lowest BCUT2D eigenvalue weighted by Gasteiger charge is -2.26. The zero-order valence-electron chi connectivity index (χ0n) is 14.6. The van der Waals surface area contributed by atoms with Crippen LogP contribution in [-0.2, 0) is 18.4 Å². The van der Waals surface area contributed by atoms with Crippen LogP contribution in [0.25, 0.3) is 0 Å².